The predicted molar refractivity (Wildman–Crippen MR) is 92.5 cm³/mol. The molecule has 0 saturated carbocycles. The topological polar surface area (TPSA) is 84.7 Å². The molecule has 132 valence electrons. The number of nitrogens with zero attached hydrogens (tertiary/aromatic N) is 1. The Morgan fingerprint density at radius 3 is 2.79 bits per heavy atom. The van der Waals surface area contributed by atoms with Crippen LogP contribution in [0, 0.1) is 6.92 Å². The summed E-state index contributed by atoms with van der Waals surface area (Å²) in [6.45, 7) is 3.70. The first-order valence-electron chi connectivity index (χ1n) is 8.35. The van der Waals surface area contributed by atoms with Crippen molar-refractivity contribution in [2.75, 3.05) is 33.4 Å². The maximum Gasteiger partial charge on any atom is 0.240 e. The third kappa shape index (κ3) is 4.13. The quantitative estimate of drug-likeness (QED) is 0.730. The molecule has 1 atom stereocenters. The summed E-state index contributed by atoms with van der Waals surface area (Å²) in [5.41, 5.74) is 7.17. The number of methoxy groups -OCH3 is 1. The Morgan fingerprint density at radius 1 is 1.38 bits per heavy atom. The highest BCUT2D eigenvalue weighted by Crippen LogP contribution is 2.29. The molecule has 1 aromatic rings. The highest BCUT2D eigenvalue weighted by molar-refractivity contribution is 5.86. The summed E-state index contributed by atoms with van der Waals surface area (Å²) in [7, 11) is 1.55. The van der Waals surface area contributed by atoms with Crippen LogP contribution in [-0.2, 0) is 20.7 Å². The number of carbonyl (C=O) groups is 2. The second-order valence-electron chi connectivity index (χ2n) is 6.38. The van der Waals surface area contributed by atoms with Gasteiger partial charge in [0.25, 0.3) is 0 Å². The highest BCUT2D eigenvalue weighted by Gasteiger charge is 2.46. The monoisotopic (exact) mass is 333 g/mol. The average Bonchev–Trinajstić information content (AvgIpc) is 2.93. The SMILES string of the molecule is COCC1(C(N)=O)CCCN1CC(=O)NCCc1ccccc1C. The zero-order chi connectivity index (χ0) is 17.6. The molecule has 1 fully saturated rings. The molecule has 1 aliphatic heterocycles. The van der Waals surface area contributed by atoms with Crippen molar-refractivity contribution in [3.05, 3.63) is 35.4 Å². The van der Waals surface area contributed by atoms with E-state index in [0.29, 0.717) is 19.5 Å². The molecule has 0 aromatic heterocycles. The molecule has 6 heteroatoms. The molecule has 1 unspecified atom stereocenters. The van der Waals surface area contributed by atoms with Gasteiger partial charge in [0.2, 0.25) is 11.8 Å². The molecular weight excluding hydrogens is 306 g/mol. The number of carbonyl (C=O) groups excluding carboxylic acids is 2. The molecule has 1 aromatic carbocycles. The van der Waals surface area contributed by atoms with Crippen molar-refractivity contribution < 1.29 is 14.3 Å². The first-order valence-corrected chi connectivity index (χ1v) is 8.35. The summed E-state index contributed by atoms with van der Waals surface area (Å²) < 4.78 is 5.18. The minimum Gasteiger partial charge on any atom is -0.382 e. The number of likely N-dealkylation sites (tertiary alicyclic amines) is 1. The summed E-state index contributed by atoms with van der Waals surface area (Å²) in [4.78, 5) is 26.0. The maximum absolute atomic E-state index is 12.2. The number of primary amides is 1. The number of ether oxygens (including phenoxy) is 1. The van der Waals surface area contributed by atoms with Crippen LogP contribution >= 0.6 is 0 Å². The van der Waals surface area contributed by atoms with Crippen LogP contribution in [-0.4, -0.2) is 55.6 Å². The van der Waals surface area contributed by atoms with Crippen molar-refractivity contribution >= 4 is 11.8 Å². The molecule has 1 aliphatic rings. The van der Waals surface area contributed by atoms with Crippen molar-refractivity contribution in [3.8, 4) is 0 Å². The molecule has 0 radical (unpaired) electrons. The lowest BCUT2D eigenvalue weighted by Gasteiger charge is -2.34. The molecule has 6 nitrogen and oxygen atoms in total. The normalized spacial score (nSPS) is 20.9. The summed E-state index contributed by atoms with van der Waals surface area (Å²) in [6, 6.07) is 8.14. The first kappa shape index (κ1) is 18.4. The molecule has 2 amide bonds. The fourth-order valence-electron chi connectivity index (χ4n) is 3.37. The fraction of sp³-hybridized carbons (Fsp3) is 0.556. The van der Waals surface area contributed by atoms with Crippen LogP contribution in [0.15, 0.2) is 24.3 Å². The van der Waals surface area contributed by atoms with Crippen LogP contribution in [0.2, 0.25) is 0 Å². The van der Waals surface area contributed by atoms with E-state index in [1.54, 1.807) is 7.11 Å². The minimum absolute atomic E-state index is 0.0905. The fourth-order valence-corrected chi connectivity index (χ4v) is 3.37. The van der Waals surface area contributed by atoms with Gasteiger partial charge in [-0.1, -0.05) is 24.3 Å². The number of rotatable bonds is 8. The van der Waals surface area contributed by atoms with E-state index < -0.39 is 11.4 Å². The number of nitrogens with one attached hydrogen (secondary N) is 1. The molecule has 1 saturated heterocycles. The third-order valence-electron chi connectivity index (χ3n) is 4.78. The lowest BCUT2D eigenvalue weighted by Crippen LogP contribution is -2.58. The molecule has 0 spiro atoms. The van der Waals surface area contributed by atoms with E-state index in [4.69, 9.17) is 10.5 Å². The van der Waals surface area contributed by atoms with Gasteiger partial charge in [0.05, 0.1) is 13.2 Å². The Balaban J connectivity index is 1.87. The van der Waals surface area contributed by atoms with E-state index in [1.165, 1.54) is 11.1 Å². The van der Waals surface area contributed by atoms with Gasteiger partial charge in [-0.15, -0.1) is 0 Å². The van der Waals surface area contributed by atoms with Gasteiger partial charge in [-0.2, -0.15) is 0 Å². The summed E-state index contributed by atoms with van der Waals surface area (Å²) in [5.74, 6) is -0.512. The van der Waals surface area contributed by atoms with E-state index in [-0.39, 0.29) is 19.1 Å². The van der Waals surface area contributed by atoms with Crippen LogP contribution < -0.4 is 11.1 Å². The van der Waals surface area contributed by atoms with Crippen molar-refractivity contribution in [1.82, 2.24) is 10.2 Å². The zero-order valence-electron chi connectivity index (χ0n) is 14.5. The largest absolute Gasteiger partial charge is 0.382 e. The van der Waals surface area contributed by atoms with Gasteiger partial charge in [0, 0.05) is 13.7 Å². The van der Waals surface area contributed by atoms with Crippen molar-refractivity contribution in [1.29, 1.82) is 0 Å². The molecular formula is C18H27N3O3. The van der Waals surface area contributed by atoms with E-state index in [0.717, 1.165) is 12.8 Å². The van der Waals surface area contributed by atoms with E-state index in [1.807, 2.05) is 17.0 Å². The summed E-state index contributed by atoms with van der Waals surface area (Å²) in [6.07, 6.45) is 2.26. The number of hydrogen-bond donors (Lipinski definition) is 2. The molecule has 1 heterocycles. The number of amides is 2. The van der Waals surface area contributed by atoms with Gasteiger partial charge in [-0.05, 0) is 43.9 Å². The Bertz CT molecular complexity index is 591. The van der Waals surface area contributed by atoms with Crippen LogP contribution in [0.3, 0.4) is 0 Å². The van der Waals surface area contributed by atoms with Crippen LogP contribution in [0.1, 0.15) is 24.0 Å². The predicted octanol–water partition coefficient (Wildman–Crippen LogP) is 0.620. The molecule has 0 aliphatic carbocycles. The second-order valence-corrected chi connectivity index (χ2v) is 6.38. The van der Waals surface area contributed by atoms with Gasteiger partial charge in [-0.25, -0.2) is 0 Å². The summed E-state index contributed by atoms with van der Waals surface area (Å²) in [5, 5.41) is 2.93. The van der Waals surface area contributed by atoms with Gasteiger partial charge < -0.3 is 15.8 Å². The molecule has 24 heavy (non-hydrogen) atoms. The zero-order valence-corrected chi connectivity index (χ0v) is 14.5. The second kappa shape index (κ2) is 8.26. The van der Waals surface area contributed by atoms with Crippen LogP contribution in [0.25, 0.3) is 0 Å². The molecule has 2 rings (SSSR count). The Kier molecular flexibility index (Phi) is 6.34. The average molecular weight is 333 g/mol. The number of hydrogen-bond acceptors (Lipinski definition) is 4. The minimum atomic E-state index is -0.859. The standard InChI is InChI=1S/C18H27N3O3/c1-14-6-3-4-7-15(14)8-10-20-16(22)12-21-11-5-9-18(21,13-24-2)17(19)23/h3-4,6-7H,5,8-13H2,1-2H3,(H2,19,23)(H,20,22). The number of aryl methyl sites for hydroxylation is 1. The van der Waals surface area contributed by atoms with Crippen LogP contribution in [0.5, 0.6) is 0 Å². The lowest BCUT2D eigenvalue weighted by atomic mass is 9.96. The Morgan fingerprint density at radius 2 is 2.12 bits per heavy atom. The highest BCUT2D eigenvalue weighted by atomic mass is 16.5. The van der Waals surface area contributed by atoms with Gasteiger partial charge in [0.1, 0.15) is 5.54 Å². The first-order chi connectivity index (χ1) is 11.5. The summed E-state index contributed by atoms with van der Waals surface area (Å²) >= 11 is 0. The Hall–Kier alpha value is -1.92. The molecule has 0 bridgehead atoms. The van der Waals surface area contributed by atoms with Crippen molar-refractivity contribution in [2.24, 2.45) is 5.73 Å². The van der Waals surface area contributed by atoms with E-state index in [2.05, 4.69) is 24.4 Å². The van der Waals surface area contributed by atoms with E-state index >= 15 is 0 Å². The van der Waals surface area contributed by atoms with Gasteiger partial charge >= 0.3 is 0 Å². The smallest absolute Gasteiger partial charge is 0.240 e. The van der Waals surface area contributed by atoms with Gasteiger partial charge in [0.15, 0.2) is 0 Å². The third-order valence-corrected chi connectivity index (χ3v) is 4.78. The number of nitrogens with two attached hydrogens (primary N) is 1. The Labute approximate surface area is 143 Å². The van der Waals surface area contributed by atoms with E-state index in [9.17, 15) is 9.59 Å². The molecule has 3 N–H and O–H groups in total. The lowest BCUT2D eigenvalue weighted by molar-refractivity contribution is -0.134. The maximum atomic E-state index is 12.2. The van der Waals surface area contributed by atoms with Crippen molar-refractivity contribution in [2.45, 2.75) is 31.7 Å². The number of benzene rings is 1. The van der Waals surface area contributed by atoms with Crippen LogP contribution in [0.4, 0.5) is 0 Å². The van der Waals surface area contributed by atoms with Crippen molar-refractivity contribution in [3.63, 3.8) is 0 Å². The van der Waals surface area contributed by atoms with Gasteiger partial charge in [-0.3, -0.25) is 14.5 Å².